The van der Waals surface area contributed by atoms with Gasteiger partial charge in [-0.15, -0.1) is 0 Å². The Morgan fingerprint density at radius 1 is 1.35 bits per heavy atom. The van der Waals surface area contributed by atoms with Gasteiger partial charge in [0.05, 0.1) is 12.2 Å². The third kappa shape index (κ3) is 3.55. The molecule has 1 aliphatic rings. The van der Waals surface area contributed by atoms with E-state index in [2.05, 4.69) is 58.5 Å². The number of rotatable bonds is 3. The van der Waals surface area contributed by atoms with Crippen molar-refractivity contribution in [2.75, 3.05) is 13.6 Å². The Bertz CT molecular complexity index is 690. The van der Waals surface area contributed by atoms with Crippen LogP contribution in [0.15, 0.2) is 39.8 Å². The molecule has 0 bridgehead atoms. The summed E-state index contributed by atoms with van der Waals surface area (Å²) in [6.07, 6.45) is 1.05. The fourth-order valence-corrected chi connectivity index (χ4v) is 2.86. The summed E-state index contributed by atoms with van der Waals surface area (Å²) in [6.45, 7) is 6.69. The van der Waals surface area contributed by atoms with Crippen LogP contribution in [0.25, 0.3) is 0 Å². The molecule has 0 saturated carbocycles. The van der Waals surface area contributed by atoms with Crippen LogP contribution in [-0.4, -0.2) is 29.6 Å². The molecule has 2 heterocycles. The molecule has 1 aromatic heterocycles. The normalized spacial score (nSPS) is 15.0. The standard InChI is InChI=1S/C18H24N4O/c1-13(2)17-10-16(23-21-17)11-20-18(19-3)22-9-8-14-6-4-5-7-15(14)12-22/h4-7,10,13H,8-9,11-12H2,1-3H3,(H,19,20). The molecule has 0 atom stereocenters. The van der Waals surface area contributed by atoms with E-state index in [1.54, 1.807) is 0 Å². The lowest BCUT2D eigenvalue weighted by molar-refractivity contribution is 0.357. The number of hydrogen-bond acceptors (Lipinski definition) is 3. The van der Waals surface area contributed by atoms with Gasteiger partial charge in [0.15, 0.2) is 11.7 Å². The van der Waals surface area contributed by atoms with Crippen LogP contribution in [0.2, 0.25) is 0 Å². The van der Waals surface area contributed by atoms with Gasteiger partial charge >= 0.3 is 0 Å². The van der Waals surface area contributed by atoms with Gasteiger partial charge in [-0.2, -0.15) is 0 Å². The third-order valence-electron chi connectivity index (χ3n) is 4.23. The highest BCUT2D eigenvalue weighted by atomic mass is 16.5. The average molecular weight is 312 g/mol. The zero-order valence-corrected chi connectivity index (χ0v) is 14.0. The number of benzene rings is 1. The van der Waals surface area contributed by atoms with Crippen molar-refractivity contribution in [3.8, 4) is 0 Å². The summed E-state index contributed by atoms with van der Waals surface area (Å²) in [5, 5.41) is 7.47. The zero-order chi connectivity index (χ0) is 16.2. The molecule has 122 valence electrons. The molecule has 1 aromatic carbocycles. The number of guanidine groups is 1. The van der Waals surface area contributed by atoms with Crippen LogP contribution in [0.4, 0.5) is 0 Å². The lowest BCUT2D eigenvalue weighted by Crippen LogP contribution is -2.43. The van der Waals surface area contributed by atoms with E-state index in [1.807, 2.05) is 13.1 Å². The molecule has 23 heavy (non-hydrogen) atoms. The Kier molecular flexibility index (Phi) is 4.65. The molecule has 0 saturated heterocycles. The van der Waals surface area contributed by atoms with Crippen molar-refractivity contribution in [2.24, 2.45) is 4.99 Å². The Labute approximate surface area is 137 Å². The molecule has 5 nitrogen and oxygen atoms in total. The van der Waals surface area contributed by atoms with E-state index in [-0.39, 0.29) is 0 Å². The second kappa shape index (κ2) is 6.86. The maximum absolute atomic E-state index is 5.38. The Balaban J connectivity index is 1.62. The van der Waals surface area contributed by atoms with Gasteiger partial charge in [0.1, 0.15) is 0 Å². The first kappa shape index (κ1) is 15.6. The molecule has 0 spiro atoms. The minimum Gasteiger partial charge on any atom is -0.359 e. The summed E-state index contributed by atoms with van der Waals surface area (Å²) in [6, 6.07) is 10.6. The molecule has 1 aliphatic heterocycles. The number of nitrogens with one attached hydrogen (secondary N) is 1. The average Bonchev–Trinajstić information content (AvgIpc) is 3.04. The van der Waals surface area contributed by atoms with Crippen molar-refractivity contribution in [1.29, 1.82) is 0 Å². The van der Waals surface area contributed by atoms with Gasteiger partial charge in [0.25, 0.3) is 0 Å². The molecular weight excluding hydrogens is 288 g/mol. The summed E-state index contributed by atoms with van der Waals surface area (Å²) in [4.78, 5) is 6.69. The Morgan fingerprint density at radius 2 is 2.13 bits per heavy atom. The van der Waals surface area contributed by atoms with Crippen LogP contribution in [0.1, 0.15) is 42.3 Å². The predicted molar refractivity (Wildman–Crippen MR) is 91.3 cm³/mol. The lowest BCUT2D eigenvalue weighted by Gasteiger charge is -2.31. The van der Waals surface area contributed by atoms with Crippen LogP contribution >= 0.6 is 0 Å². The molecule has 1 N–H and O–H groups in total. The van der Waals surface area contributed by atoms with E-state index in [0.29, 0.717) is 12.5 Å². The van der Waals surface area contributed by atoms with Gasteiger partial charge in [0.2, 0.25) is 0 Å². The SMILES string of the molecule is CN=C(NCc1cc(C(C)C)no1)N1CCc2ccccc2C1. The minimum absolute atomic E-state index is 0.380. The molecular formula is C18H24N4O. The van der Waals surface area contributed by atoms with E-state index >= 15 is 0 Å². The smallest absolute Gasteiger partial charge is 0.194 e. The predicted octanol–water partition coefficient (Wildman–Crippen LogP) is 2.93. The first-order valence-corrected chi connectivity index (χ1v) is 8.15. The van der Waals surface area contributed by atoms with Crippen molar-refractivity contribution in [3.63, 3.8) is 0 Å². The van der Waals surface area contributed by atoms with Gasteiger partial charge in [-0.05, 0) is 23.5 Å². The summed E-state index contributed by atoms with van der Waals surface area (Å²) in [5.74, 6) is 2.12. The van der Waals surface area contributed by atoms with Gasteiger partial charge in [0, 0.05) is 26.2 Å². The first-order chi connectivity index (χ1) is 11.2. The van der Waals surface area contributed by atoms with E-state index in [1.165, 1.54) is 11.1 Å². The quantitative estimate of drug-likeness (QED) is 0.699. The zero-order valence-electron chi connectivity index (χ0n) is 14.0. The van der Waals surface area contributed by atoms with Crippen LogP contribution in [0.5, 0.6) is 0 Å². The van der Waals surface area contributed by atoms with Gasteiger partial charge in [-0.3, -0.25) is 4.99 Å². The monoisotopic (exact) mass is 312 g/mol. The molecule has 2 aromatic rings. The van der Waals surface area contributed by atoms with Crippen molar-refractivity contribution >= 4 is 5.96 Å². The van der Waals surface area contributed by atoms with E-state index in [9.17, 15) is 0 Å². The van der Waals surface area contributed by atoms with E-state index < -0.39 is 0 Å². The van der Waals surface area contributed by atoms with E-state index in [0.717, 1.165) is 36.9 Å². The van der Waals surface area contributed by atoms with E-state index in [4.69, 9.17) is 4.52 Å². The van der Waals surface area contributed by atoms with Crippen molar-refractivity contribution in [1.82, 2.24) is 15.4 Å². The third-order valence-corrected chi connectivity index (χ3v) is 4.23. The van der Waals surface area contributed by atoms with Gasteiger partial charge < -0.3 is 14.7 Å². The summed E-state index contributed by atoms with van der Waals surface area (Å²) < 4.78 is 5.38. The molecule has 0 fully saturated rings. The second-order valence-corrected chi connectivity index (χ2v) is 6.21. The number of fused-ring (bicyclic) bond motifs is 1. The maximum Gasteiger partial charge on any atom is 0.194 e. The van der Waals surface area contributed by atoms with Gasteiger partial charge in [-0.1, -0.05) is 43.3 Å². The van der Waals surface area contributed by atoms with Crippen LogP contribution < -0.4 is 5.32 Å². The molecule has 3 rings (SSSR count). The van der Waals surface area contributed by atoms with Crippen molar-refractivity contribution < 1.29 is 4.52 Å². The molecule has 5 heteroatoms. The highest BCUT2D eigenvalue weighted by Gasteiger charge is 2.19. The fourth-order valence-electron chi connectivity index (χ4n) is 2.86. The summed E-state index contributed by atoms with van der Waals surface area (Å²) in [7, 11) is 1.82. The summed E-state index contributed by atoms with van der Waals surface area (Å²) in [5.41, 5.74) is 3.81. The number of nitrogens with zero attached hydrogens (tertiary/aromatic N) is 3. The topological polar surface area (TPSA) is 53.7 Å². The molecule has 0 radical (unpaired) electrons. The van der Waals surface area contributed by atoms with Crippen molar-refractivity contribution in [2.45, 2.75) is 39.3 Å². The molecule has 0 amide bonds. The van der Waals surface area contributed by atoms with Gasteiger partial charge in [-0.25, -0.2) is 0 Å². The highest BCUT2D eigenvalue weighted by Crippen LogP contribution is 2.19. The number of aliphatic imine (C=N–C) groups is 1. The Hall–Kier alpha value is -2.30. The molecule has 0 aliphatic carbocycles. The molecule has 0 unspecified atom stereocenters. The lowest BCUT2D eigenvalue weighted by atomic mass is 10.0. The maximum atomic E-state index is 5.38. The van der Waals surface area contributed by atoms with Crippen LogP contribution in [0.3, 0.4) is 0 Å². The first-order valence-electron chi connectivity index (χ1n) is 8.15. The minimum atomic E-state index is 0.380. The van der Waals surface area contributed by atoms with Crippen LogP contribution in [0, 0.1) is 0 Å². The van der Waals surface area contributed by atoms with Crippen molar-refractivity contribution in [3.05, 3.63) is 52.9 Å². The Morgan fingerprint density at radius 3 is 2.83 bits per heavy atom. The fraction of sp³-hybridized carbons (Fsp3) is 0.444. The summed E-state index contributed by atoms with van der Waals surface area (Å²) >= 11 is 0. The number of hydrogen-bond donors (Lipinski definition) is 1. The second-order valence-electron chi connectivity index (χ2n) is 6.21. The largest absolute Gasteiger partial charge is 0.359 e. The highest BCUT2D eigenvalue weighted by molar-refractivity contribution is 5.80. The van der Waals surface area contributed by atoms with Crippen LogP contribution in [-0.2, 0) is 19.5 Å². The number of aromatic nitrogens is 1.